The number of nitrogens with zero attached hydrogens (tertiary/aromatic N) is 1. The van der Waals surface area contributed by atoms with Gasteiger partial charge in [-0.1, -0.05) is 35.5 Å². The van der Waals surface area contributed by atoms with Crippen molar-refractivity contribution < 1.29 is 28.6 Å². The molecule has 0 bridgehead atoms. The molecule has 2 atom stereocenters. The van der Waals surface area contributed by atoms with Crippen LogP contribution in [0.2, 0.25) is 0 Å². The number of benzene rings is 1. The average molecular weight is 392 g/mol. The minimum absolute atomic E-state index is 0.157. The Morgan fingerprint density at radius 1 is 1.25 bits per heavy atom. The van der Waals surface area contributed by atoms with Crippen molar-refractivity contribution in [3.63, 3.8) is 0 Å². The standard InChI is InChI=1S/C20H28N2O6/c1-19(2,3)27-18(24)21-16(13-25-4)15-12-20(28-22-15,17(23)26-5)11-14-9-7-6-8-10-14/h6-10,16H,11-13H2,1-5H3,(H,21,24)/t16-,20?/m0/s1. The van der Waals surface area contributed by atoms with E-state index in [-0.39, 0.29) is 13.0 Å². The quantitative estimate of drug-likeness (QED) is 0.716. The molecule has 1 aliphatic heterocycles. The fourth-order valence-corrected chi connectivity index (χ4v) is 2.92. The molecule has 0 saturated carbocycles. The van der Waals surface area contributed by atoms with Gasteiger partial charge in [0, 0.05) is 20.0 Å². The third-order valence-corrected chi connectivity index (χ3v) is 4.12. The van der Waals surface area contributed by atoms with Gasteiger partial charge in [0.1, 0.15) is 5.60 Å². The van der Waals surface area contributed by atoms with Gasteiger partial charge in [0.2, 0.25) is 5.60 Å². The maximum absolute atomic E-state index is 12.5. The van der Waals surface area contributed by atoms with Crippen LogP contribution in [0.1, 0.15) is 32.8 Å². The molecule has 1 aromatic rings. The highest BCUT2D eigenvalue weighted by atomic mass is 16.7. The van der Waals surface area contributed by atoms with Crippen LogP contribution in [0.3, 0.4) is 0 Å². The van der Waals surface area contributed by atoms with E-state index in [0.29, 0.717) is 12.1 Å². The van der Waals surface area contributed by atoms with Crippen molar-refractivity contribution >= 4 is 17.8 Å². The van der Waals surface area contributed by atoms with Gasteiger partial charge in [-0.3, -0.25) is 0 Å². The summed E-state index contributed by atoms with van der Waals surface area (Å²) in [6.45, 7) is 5.48. The lowest BCUT2D eigenvalue weighted by Crippen LogP contribution is -2.48. The summed E-state index contributed by atoms with van der Waals surface area (Å²) in [6.07, 6.45) is -0.145. The Bertz CT molecular complexity index is 713. The zero-order valence-electron chi connectivity index (χ0n) is 17.0. The number of hydrogen-bond acceptors (Lipinski definition) is 7. The molecule has 28 heavy (non-hydrogen) atoms. The SMILES string of the molecule is COC[C@H](NC(=O)OC(C)(C)C)C1=NOC(Cc2ccccc2)(C(=O)OC)C1. The van der Waals surface area contributed by atoms with Crippen LogP contribution in [0.4, 0.5) is 4.79 Å². The van der Waals surface area contributed by atoms with Crippen LogP contribution in [0.15, 0.2) is 35.5 Å². The highest BCUT2D eigenvalue weighted by Crippen LogP contribution is 2.31. The minimum Gasteiger partial charge on any atom is -0.466 e. The van der Waals surface area contributed by atoms with E-state index >= 15 is 0 Å². The molecule has 1 heterocycles. The first kappa shape index (κ1) is 21.7. The summed E-state index contributed by atoms with van der Waals surface area (Å²) in [6, 6.07) is 8.87. The second kappa shape index (κ2) is 9.05. The van der Waals surface area contributed by atoms with E-state index in [0.717, 1.165) is 5.56 Å². The molecule has 1 aliphatic rings. The summed E-state index contributed by atoms with van der Waals surface area (Å²) < 4.78 is 15.5. The Balaban J connectivity index is 2.16. The fraction of sp³-hybridized carbons (Fsp3) is 0.550. The predicted octanol–water partition coefficient (Wildman–Crippen LogP) is 2.46. The lowest BCUT2D eigenvalue weighted by Gasteiger charge is -2.25. The zero-order valence-corrected chi connectivity index (χ0v) is 17.0. The first-order chi connectivity index (χ1) is 13.2. The van der Waals surface area contributed by atoms with Crippen molar-refractivity contribution in [1.29, 1.82) is 0 Å². The molecular weight excluding hydrogens is 364 g/mol. The van der Waals surface area contributed by atoms with E-state index in [4.69, 9.17) is 19.0 Å². The van der Waals surface area contributed by atoms with Crippen molar-refractivity contribution in [2.45, 2.75) is 50.9 Å². The smallest absolute Gasteiger partial charge is 0.408 e. The third-order valence-electron chi connectivity index (χ3n) is 4.12. The van der Waals surface area contributed by atoms with E-state index in [1.807, 2.05) is 30.3 Å². The number of ether oxygens (including phenoxy) is 3. The Morgan fingerprint density at radius 2 is 1.93 bits per heavy atom. The third kappa shape index (κ3) is 5.69. The highest BCUT2D eigenvalue weighted by molar-refractivity contribution is 5.98. The molecular formula is C20H28N2O6. The molecule has 2 rings (SSSR count). The topological polar surface area (TPSA) is 95.5 Å². The predicted molar refractivity (Wildman–Crippen MR) is 103 cm³/mol. The Kier molecular flexibility index (Phi) is 7.01. The number of carbonyl (C=O) groups excluding carboxylic acids is 2. The van der Waals surface area contributed by atoms with Crippen molar-refractivity contribution in [3.8, 4) is 0 Å². The second-order valence-electron chi connectivity index (χ2n) is 7.65. The van der Waals surface area contributed by atoms with E-state index in [1.54, 1.807) is 20.8 Å². The van der Waals surface area contributed by atoms with Crippen LogP contribution < -0.4 is 5.32 Å². The molecule has 0 fully saturated rings. The number of carbonyl (C=O) groups is 2. The van der Waals surface area contributed by atoms with Crippen molar-refractivity contribution in [3.05, 3.63) is 35.9 Å². The van der Waals surface area contributed by atoms with Gasteiger partial charge in [-0.25, -0.2) is 9.59 Å². The molecule has 0 radical (unpaired) electrons. The Morgan fingerprint density at radius 3 is 2.50 bits per heavy atom. The Hall–Kier alpha value is -2.61. The maximum Gasteiger partial charge on any atom is 0.408 e. The van der Waals surface area contributed by atoms with Gasteiger partial charge in [-0.2, -0.15) is 0 Å². The van der Waals surface area contributed by atoms with E-state index in [1.165, 1.54) is 14.2 Å². The van der Waals surface area contributed by atoms with Gasteiger partial charge in [-0.05, 0) is 26.3 Å². The van der Waals surface area contributed by atoms with Gasteiger partial charge in [0.15, 0.2) is 0 Å². The van der Waals surface area contributed by atoms with Crippen molar-refractivity contribution in [2.24, 2.45) is 5.16 Å². The number of nitrogens with one attached hydrogen (secondary N) is 1. The molecule has 0 saturated heterocycles. The number of methoxy groups -OCH3 is 2. The van der Waals surface area contributed by atoms with Gasteiger partial charge < -0.3 is 24.4 Å². The summed E-state index contributed by atoms with van der Waals surface area (Å²) in [7, 11) is 2.82. The molecule has 8 nitrogen and oxygen atoms in total. The van der Waals surface area contributed by atoms with Crippen LogP contribution in [0, 0.1) is 0 Å². The highest BCUT2D eigenvalue weighted by Gasteiger charge is 2.49. The van der Waals surface area contributed by atoms with Gasteiger partial charge in [-0.15, -0.1) is 0 Å². The average Bonchev–Trinajstić information content (AvgIpc) is 3.05. The van der Waals surface area contributed by atoms with E-state index < -0.39 is 29.3 Å². The summed E-state index contributed by atoms with van der Waals surface area (Å²) >= 11 is 0. The van der Waals surface area contributed by atoms with Gasteiger partial charge in [0.05, 0.1) is 25.5 Å². The molecule has 0 spiro atoms. The van der Waals surface area contributed by atoms with Gasteiger partial charge >= 0.3 is 12.1 Å². The first-order valence-electron chi connectivity index (χ1n) is 9.05. The summed E-state index contributed by atoms with van der Waals surface area (Å²) in [5, 5.41) is 6.81. The zero-order chi connectivity index (χ0) is 20.8. The monoisotopic (exact) mass is 392 g/mol. The lowest BCUT2D eigenvalue weighted by molar-refractivity contribution is -0.166. The molecule has 0 aliphatic carbocycles. The number of hydrogen-bond donors (Lipinski definition) is 1. The normalized spacial score (nSPS) is 20.0. The number of oxime groups is 1. The van der Waals surface area contributed by atoms with Crippen LogP contribution in [0.5, 0.6) is 0 Å². The molecule has 8 heteroatoms. The van der Waals surface area contributed by atoms with E-state index in [2.05, 4.69) is 10.5 Å². The van der Waals surface area contributed by atoms with Crippen LogP contribution >= 0.6 is 0 Å². The first-order valence-corrected chi connectivity index (χ1v) is 9.05. The molecule has 1 amide bonds. The number of rotatable bonds is 7. The van der Waals surface area contributed by atoms with Crippen LogP contribution in [-0.2, 0) is 30.3 Å². The number of amides is 1. The summed E-state index contributed by atoms with van der Waals surface area (Å²) in [5.74, 6) is -0.525. The second-order valence-corrected chi connectivity index (χ2v) is 7.65. The van der Waals surface area contributed by atoms with Crippen molar-refractivity contribution in [1.82, 2.24) is 5.32 Å². The number of esters is 1. The van der Waals surface area contributed by atoms with Gasteiger partial charge in [0.25, 0.3) is 0 Å². The lowest BCUT2D eigenvalue weighted by atomic mass is 9.88. The van der Waals surface area contributed by atoms with Crippen LogP contribution in [0.25, 0.3) is 0 Å². The molecule has 0 aromatic heterocycles. The fourth-order valence-electron chi connectivity index (χ4n) is 2.92. The molecule has 1 aromatic carbocycles. The summed E-state index contributed by atoms with van der Waals surface area (Å²) in [5.41, 5.74) is -0.534. The molecule has 1 unspecified atom stereocenters. The summed E-state index contributed by atoms with van der Waals surface area (Å²) in [4.78, 5) is 30.3. The van der Waals surface area contributed by atoms with Crippen molar-refractivity contribution in [2.75, 3.05) is 20.8 Å². The Labute approximate surface area is 165 Å². The minimum atomic E-state index is -1.28. The van der Waals surface area contributed by atoms with Crippen LogP contribution in [-0.4, -0.2) is 55.8 Å². The van der Waals surface area contributed by atoms with E-state index in [9.17, 15) is 9.59 Å². The largest absolute Gasteiger partial charge is 0.466 e. The number of alkyl carbamates (subject to hydrolysis) is 1. The maximum atomic E-state index is 12.5. The molecule has 1 N–H and O–H groups in total. The molecule has 154 valence electrons.